The molecular weight excluding hydrogens is 262 g/mol. The van der Waals surface area contributed by atoms with Gasteiger partial charge in [0.25, 0.3) is 0 Å². The summed E-state index contributed by atoms with van der Waals surface area (Å²) in [6, 6.07) is 8.70. The van der Waals surface area contributed by atoms with E-state index in [0.29, 0.717) is 6.04 Å². The Hall–Kier alpha value is -1.97. The van der Waals surface area contributed by atoms with Gasteiger partial charge in [-0.2, -0.15) is 5.10 Å². The van der Waals surface area contributed by atoms with Crippen molar-refractivity contribution >= 4 is 5.69 Å². The normalized spacial score (nSPS) is 10.9. The first-order chi connectivity index (χ1) is 10.2. The maximum Gasteiger partial charge on any atom is 0.121 e. The Morgan fingerprint density at radius 1 is 1.24 bits per heavy atom. The molecule has 2 aromatic rings. The van der Waals surface area contributed by atoms with Gasteiger partial charge in [-0.25, -0.2) is 0 Å². The van der Waals surface area contributed by atoms with Crippen LogP contribution in [0.25, 0.3) is 0 Å². The van der Waals surface area contributed by atoms with Crippen LogP contribution in [0.2, 0.25) is 0 Å². The molecule has 4 heteroatoms. The molecular formula is C17H25N3O. The summed E-state index contributed by atoms with van der Waals surface area (Å²) in [5, 5.41) is 8.06. The molecule has 0 aliphatic heterocycles. The van der Waals surface area contributed by atoms with Crippen molar-refractivity contribution in [2.24, 2.45) is 0 Å². The Bertz CT molecular complexity index is 573. The predicted octanol–water partition coefficient (Wildman–Crippen LogP) is 4.17. The molecule has 21 heavy (non-hydrogen) atoms. The quantitative estimate of drug-likeness (QED) is 0.830. The lowest BCUT2D eigenvalue weighted by Gasteiger charge is -2.12. The highest BCUT2D eigenvalue weighted by Gasteiger charge is 2.08. The van der Waals surface area contributed by atoms with Gasteiger partial charge in [0.15, 0.2) is 0 Å². The van der Waals surface area contributed by atoms with Crippen molar-refractivity contribution < 1.29 is 4.74 Å². The highest BCUT2D eigenvalue weighted by atomic mass is 16.5. The molecule has 0 spiro atoms. The number of hydrogen-bond acceptors (Lipinski definition) is 3. The van der Waals surface area contributed by atoms with Gasteiger partial charge in [-0.3, -0.25) is 4.68 Å². The molecule has 0 aliphatic rings. The van der Waals surface area contributed by atoms with Crippen LogP contribution >= 0.6 is 0 Å². The first-order valence-corrected chi connectivity index (χ1v) is 7.60. The summed E-state index contributed by atoms with van der Waals surface area (Å²) in [6.07, 6.45) is 4.30. The summed E-state index contributed by atoms with van der Waals surface area (Å²) in [5.41, 5.74) is 3.28. The maximum absolute atomic E-state index is 5.27. The number of nitrogens with zero attached hydrogens (tertiary/aromatic N) is 2. The van der Waals surface area contributed by atoms with Crippen molar-refractivity contribution in [3.05, 3.63) is 41.7 Å². The number of methoxy groups -OCH3 is 1. The minimum absolute atomic E-state index is 0.502. The molecule has 2 rings (SSSR count). The number of aromatic nitrogens is 2. The standard InChI is InChI=1S/C17H25N3O/c1-5-16(6-2)20-10-9-15(19-20)12-18-14-7-8-17(21-4)13(3)11-14/h7-11,16,18H,5-6,12H2,1-4H3. The lowest BCUT2D eigenvalue weighted by atomic mass is 10.2. The second kappa shape index (κ2) is 7.16. The molecule has 1 aromatic heterocycles. The lowest BCUT2D eigenvalue weighted by molar-refractivity contribution is 0.412. The maximum atomic E-state index is 5.27. The second-order valence-electron chi connectivity index (χ2n) is 5.30. The SMILES string of the molecule is CCC(CC)n1ccc(CNc2ccc(OC)c(C)c2)n1. The third-order valence-corrected chi connectivity index (χ3v) is 3.85. The van der Waals surface area contributed by atoms with E-state index >= 15 is 0 Å². The van der Waals surface area contributed by atoms with Gasteiger partial charge in [-0.15, -0.1) is 0 Å². The van der Waals surface area contributed by atoms with Gasteiger partial charge in [0.05, 0.1) is 25.4 Å². The average molecular weight is 287 g/mol. The molecule has 0 amide bonds. The van der Waals surface area contributed by atoms with Crippen LogP contribution in [-0.4, -0.2) is 16.9 Å². The van der Waals surface area contributed by atoms with Crippen LogP contribution in [0, 0.1) is 6.92 Å². The number of ether oxygens (including phenoxy) is 1. The van der Waals surface area contributed by atoms with Crippen LogP contribution in [0.15, 0.2) is 30.5 Å². The molecule has 0 atom stereocenters. The van der Waals surface area contributed by atoms with E-state index in [1.165, 1.54) is 0 Å². The third kappa shape index (κ3) is 3.78. The zero-order valence-electron chi connectivity index (χ0n) is 13.4. The van der Waals surface area contributed by atoms with Gasteiger partial charge in [-0.1, -0.05) is 13.8 Å². The van der Waals surface area contributed by atoms with Crippen molar-refractivity contribution in [3.63, 3.8) is 0 Å². The molecule has 0 fully saturated rings. The summed E-state index contributed by atoms with van der Waals surface area (Å²) in [7, 11) is 1.69. The Morgan fingerprint density at radius 2 is 2.00 bits per heavy atom. The highest BCUT2D eigenvalue weighted by molar-refractivity contribution is 5.50. The summed E-state index contributed by atoms with van der Waals surface area (Å²) in [5.74, 6) is 0.915. The van der Waals surface area contributed by atoms with Crippen molar-refractivity contribution in [1.82, 2.24) is 9.78 Å². The van der Waals surface area contributed by atoms with Crippen molar-refractivity contribution in [1.29, 1.82) is 0 Å². The van der Waals surface area contributed by atoms with E-state index in [1.54, 1.807) is 7.11 Å². The molecule has 1 aromatic carbocycles. The van der Waals surface area contributed by atoms with Gasteiger partial charge in [0.2, 0.25) is 0 Å². The average Bonchev–Trinajstić information content (AvgIpc) is 2.95. The fourth-order valence-electron chi connectivity index (χ4n) is 2.52. The van der Waals surface area contributed by atoms with E-state index in [1.807, 2.05) is 19.1 Å². The Balaban J connectivity index is 1.98. The van der Waals surface area contributed by atoms with Gasteiger partial charge in [0, 0.05) is 11.9 Å². The topological polar surface area (TPSA) is 39.1 Å². The zero-order valence-corrected chi connectivity index (χ0v) is 13.4. The monoisotopic (exact) mass is 287 g/mol. The summed E-state index contributed by atoms with van der Waals surface area (Å²) in [4.78, 5) is 0. The number of aryl methyl sites for hydroxylation is 1. The molecule has 0 radical (unpaired) electrons. The number of rotatable bonds is 7. The summed E-state index contributed by atoms with van der Waals surface area (Å²) >= 11 is 0. The van der Waals surface area contributed by atoms with Crippen LogP contribution in [0.3, 0.4) is 0 Å². The molecule has 0 unspecified atom stereocenters. The van der Waals surface area contributed by atoms with Crippen molar-refractivity contribution in [2.45, 2.75) is 46.2 Å². The smallest absolute Gasteiger partial charge is 0.121 e. The minimum Gasteiger partial charge on any atom is -0.496 e. The molecule has 4 nitrogen and oxygen atoms in total. The molecule has 0 bridgehead atoms. The summed E-state index contributed by atoms with van der Waals surface area (Å²) in [6.45, 7) is 7.19. The first-order valence-electron chi connectivity index (χ1n) is 7.60. The van der Waals surface area contributed by atoms with Crippen molar-refractivity contribution in [2.75, 3.05) is 12.4 Å². The van der Waals surface area contributed by atoms with E-state index in [9.17, 15) is 0 Å². The molecule has 0 saturated heterocycles. The molecule has 114 valence electrons. The third-order valence-electron chi connectivity index (χ3n) is 3.85. The number of anilines is 1. The summed E-state index contributed by atoms with van der Waals surface area (Å²) < 4.78 is 7.35. The van der Waals surface area contributed by atoms with Gasteiger partial charge in [0.1, 0.15) is 5.75 Å². The minimum atomic E-state index is 0.502. The van der Waals surface area contributed by atoms with Crippen LogP contribution in [0.1, 0.15) is 44.0 Å². The highest BCUT2D eigenvalue weighted by Crippen LogP contribution is 2.22. The number of nitrogens with one attached hydrogen (secondary N) is 1. The molecule has 0 saturated carbocycles. The van der Waals surface area contributed by atoms with Crippen LogP contribution in [-0.2, 0) is 6.54 Å². The van der Waals surface area contributed by atoms with E-state index in [2.05, 4.69) is 47.3 Å². The van der Waals surface area contributed by atoms with Crippen molar-refractivity contribution in [3.8, 4) is 5.75 Å². The number of benzene rings is 1. The number of hydrogen-bond donors (Lipinski definition) is 1. The second-order valence-corrected chi connectivity index (χ2v) is 5.30. The molecule has 1 heterocycles. The van der Waals surface area contributed by atoms with E-state index in [-0.39, 0.29) is 0 Å². The van der Waals surface area contributed by atoms with E-state index in [4.69, 9.17) is 4.74 Å². The zero-order chi connectivity index (χ0) is 15.2. The molecule has 0 aliphatic carbocycles. The Morgan fingerprint density at radius 3 is 2.62 bits per heavy atom. The van der Waals surface area contributed by atoms with Gasteiger partial charge >= 0.3 is 0 Å². The van der Waals surface area contributed by atoms with E-state index < -0.39 is 0 Å². The van der Waals surface area contributed by atoms with Crippen LogP contribution in [0.4, 0.5) is 5.69 Å². The predicted molar refractivity (Wildman–Crippen MR) is 86.9 cm³/mol. The van der Waals surface area contributed by atoms with Crippen LogP contribution < -0.4 is 10.1 Å². The Labute approximate surface area is 127 Å². The lowest BCUT2D eigenvalue weighted by Crippen LogP contribution is -2.09. The first kappa shape index (κ1) is 15.4. The van der Waals surface area contributed by atoms with Gasteiger partial charge < -0.3 is 10.1 Å². The molecule has 1 N–H and O–H groups in total. The van der Waals surface area contributed by atoms with Crippen LogP contribution in [0.5, 0.6) is 5.75 Å². The van der Waals surface area contributed by atoms with E-state index in [0.717, 1.165) is 42.1 Å². The largest absolute Gasteiger partial charge is 0.496 e. The fourth-order valence-corrected chi connectivity index (χ4v) is 2.52. The fraction of sp³-hybridized carbons (Fsp3) is 0.471. The van der Waals surface area contributed by atoms with Gasteiger partial charge in [-0.05, 0) is 49.6 Å². The Kier molecular flexibility index (Phi) is 5.26.